The summed E-state index contributed by atoms with van der Waals surface area (Å²) in [7, 11) is 0. The van der Waals surface area contributed by atoms with Crippen LogP contribution in [0.25, 0.3) is 0 Å². The molecule has 1 atom stereocenters. The number of anilines is 1. The highest BCUT2D eigenvalue weighted by atomic mass is 35.5. The number of hydrogen-bond acceptors (Lipinski definition) is 4. The Morgan fingerprint density at radius 3 is 2.81 bits per heavy atom. The molecule has 1 aliphatic heterocycles. The summed E-state index contributed by atoms with van der Waals surface area (Å²) in [6, 6.07) is 4.20. The molecule has 0 bridgehead atoms. The number of carbonyl (C=O) groups excluding carboxylic acids is 2. The summed E-state index contributed by atoms with van der Waals surface area (Å²) in [5.41, 5.74) is 6.55. The predicted molar refractivity (Wildman–Crippen MR) is 81.2 cm³/mol. The fourth-order valence-electron chi connectivity index (χ4n) is 2.56. The summed E-state index contributed by atoms with van der Waals surface area (Å²) in [6.45, 7) is 2.60. The van der Waals surface area contributed by atoms with E-state index in [4.69, 9.17) is 22.1 Å². The molecule has 114 valence electrons. The topological polar surface area (TPSA) is 72.6 Å². The predicted octanol–water partition coefficient (Wildman–Crippen LogP) is 2.48. The van der Waals surface area contributed by atoms with Crippen LogP contribution in [0.1, 0.15) is 36.5 Å². The number of ether oxygens (including phenoxy) is 1. The smallest absolute Gasteiger partial charge is 0.328 e. The van der Waals surface area contributed by atoms with Gasteiger partial charge in [-0.25, -0.2) is 4.79 Å². The first-order valence-corrected chi connectivity index (χ1v) is 7.44. The summed E-state index contributed by atoms with van der Waals surface area (Å²) >= 11 is 5.94. The van der Waals surface area contributed by atoms with Gasteiger partial charge >= 0.3 is 5.97 Å². The van der Waals surface area contributed by atoms with Crippen molar-refractivity contribution in [2.45, 2.75) is 32.2 Å². The van der Waals surface area contributed by atoms with E-state index in [0.29, 0.717) is 35.8 Å². The number of nitrogens with zero attached hydrogens (tertiary/aromatic N) is 1. The van der Waals surface area contributed by atoms with Crippen molar-refractivity contribution in [1.29, 1.82) is 0 Å². The lowest BCUT2D eigenvalue weighted by Gasteiger charge is -2.34. The number of halogens is 1. The molecule has 1 unspecified atom stereocenters. The number of nitrogens with two attached hydrogens (primary N) is 1. The van der Waals surface area contributed by atoms with Crippen LogP contribution in [0.2, 0.25) is 5.02 Å². The summed E-state index contributed by atoms with van der Waals surface area (Å²) in [4.78, 5) is 26.2. The van der Waals surface area contributed by atoms with Gasteiger partial charge in [-0.1, -0.05) is 11.6 Å². The molecule has 0 radical (unpaired) electrons. The Hall–Kier alpha value is -1.75. The number of piperidine rings is 1. The third-order valence-electron chi connectivity index (χ3n) is 3.49. The van der Waals surface area contributed by atoms with Gasteiger partial charge in [0.15, 0.2) is 0 Å². The Labute approximate surface area is 129 Å². The fraction of sp³-hybridized carbons (Fsp3) is 0.467. The van der Waals surface area contributed by atoms with Crippen LogP contribution in [0.5, 0.6) is 0 Å². The molecule has 1 aromatic carbocycles. The molecule has 1 fully saturated rings. The van der Waals surface area contributed by atoms with Gasteiger partial charge in [-0.05, 0) is 44.4 Å². The minimum Gasteiger partial charge on any atom is -0.464 e. The third-order valence-corrected chi connectivity index (χ3v) is 3.71. The summed E-state index contributed by atoms with van der Waals surface area (Å²) in [5.74, 6) is -0.581. The molecule has 0 aliphatic carbocycles. The van der Waals surface area contributed by atoms with Crippen molar-refractivity contribution in [2.75, 3.05) is 18.9 Å². The first-order chi connectivity index (χ1) is 10.0. The quantitative estimate of drug-likeness (QED) is 0.687. The van der Waals surface area contributed by atoms with Crippen molar-refractivity contribution in [3.05, 3.63) is 28.8 Å². The molecule has 6 heteroatoms. The van der Waals surface area contributed by atoms with Crippen LogP contribution in [0.3, 0.4) is 0 Å². The standard InChI is InChI=1S/C15H19ClN2O3/c1-2-21-15(20)13-5-3-4-6-18(13)14(19)10-7-11(16)9-12(17)8-10/h7-9,13H,2-6,17H2,1H3. The van der Waals surface area contributed by atoms with Gasteiger partial charge in [0.05, 0.1) is 6.61 Å². The first-order valence-electron chi connectivity index (χ1n) is 7.06. The molecule has 1 amide bonds. The van der Waals surface area contributed by atoms with Crippen LogP contribution in [0.15, 0.2) is 18.2 Å². The Balaban J connectivity index is 2.24. The molecule has 2 rings (SSSR count). The van der Waals surface area contributed by atoms with Crippen LogP contribution in [-0.2, 0) is 9.53 Å². The normalized spacial score (nSPS) is 18.4. The molecule has 0 saturated carbocycles. The summed E-state index contributed by atoms with van der Waals surface area (Å²) < 4.78 is 5.06. The highest BCUT2D eigenvalue weighted by Gasteiger charge is 2.33. The van der Waals surface area contributed by atoms with Crippen molar-refractivity contribution in [3.63, 3.8) is 0 Å². The van der Waals surface area contributed by atoms with Gasteiger partial charge in [-0.3, -0.25) is 4.79 Å². The van der Waals surface area contributed by atoms with E-state index in [0.717, 1.165) is 12.8 Å². The van der Waals surface area contributed by atoms with E-state index in [1.807, 2.05) is 0 Å². The lowest BCUT2D eigenvalue weighted by Crippen LogP contribution is -2.48. The Morgan fingerprint density at radius 1 is 1.38 bits per heavy atom. The molecule has 1 saturated heterocycles. The average Bonchev–Trinajstić information content (AvgIpc) is 2.45. The molecule has 1 aromatic rings. The summed E-state index contributed by atoms with van der Waals surface area (Å²) in [6.07, 6.45) is 2.41. The van der Waals surface area contributed by atoms with E-state index in [1.165, 1.54) is 0 Å². The monoisotopic (exact) mass is 310 g/mol. The average molecular weight is 311 g/mol. The zero-order valence-electron chi connectivity index (χ0n) is 12.0. The number of rotatable bonds is 3. The van der Waals surface area contributed by atoms with Gasteiger partial charge in [0, 0.05) is 22.8 Å². The number of likely N-dealkylation sites (tertiary alicyclic amines) is 1. The van der Waals surface area contributed by atoms with Crippen LogP contribution in [-0.4, -0.2) is 36.0 Å². The van der Waals surface area contributed by atoms with Crippen LogP contribution in [0.4, 0.5) is 5.69 Å². The molecule has 0 spiro atoms. The van der Waals surface area contributed by atoms with Gasteiger partial charge < -0.3 is 15.4 Å². The molecule has 1 heterocycles. The lowest BCUT2D eigenvalue weighted by atomic mass is 10.0. The number of esters is 1. The lowest BCUT2D eigenvalue weighted by molar-refractivity contribution is -0.149. The Morgan fingerprint density at radius 2 is 2.14 bits per heavy atom. The molecular weight excluding hydrogens is 292 g/mol. The van der Waals surface area contributed by atoms with Gasteiger partial charge in [0.2, 0.25) is 0 Å². The molecule has 5 nitrogen and oxygen atoms in total. The van der Waals surface area contributed by atoms with Gasteiger partial charge in [-0.2, -0.15) is 0 Å². The second kappa shape index (κ2) is 6.80. The van der Waals surface area contributed by atoms with Crippen LogP contribution >= 0.6 is 11.6 Å². The number of carbonyl (C=O) groups is 2. The van der Waals surface area contributed by atoms with E-state index < -0.39 is 6.04 Å². The molecule has 0 aromatic heterocycles. The maximum absolute atomic E-state index is 12.6. The van der Waals surface area contributed by atoms with Crippen LogP contribution < -0.4 is 5.73 Å². The first kappa shape index (κ1) is 15.6. The van der Waals surface area contributed by atoms with Crippen molar-refractivity contribution in [2.24, 2.45) is 0 Å². The molecule has 21 heavy (non-hydrogen) atoms. The highest BCUT2D eigenvalue weighted by molar-refractivity contribution is 6.31. The Kier molecular flexibility index (Phi) is 5.07. The number of nitrogen functional groups attached to an aromatic ring is 1. The van der Waals surface area contributed by atoms with E-state index in [-0.39, 0.29) is 11.9 Å². The second-order valence-electron chi connectivity index (χ2n) is 5.04. The van der Waals surface area contributed by atoms with Gasteiger partial charge in [-0.15, -0.1) is 0 Å². The zero-order valence-corrected chi connectivity index (χ0v) is 12.7. The third kappa shape index (κ3) is 3.67. The number of benzene rings is 1. The van der Waals surface area contributed by atoms with Crippen molar-refractivity contribution in [3.8, 4) is 0 Å². The highest BCUT2D eigenvalue weighted by Crippen LogP contribution is 2.23. The van der Waals surface area contributed by atoms with Gasteiger partial charge in [0.25, 0.3) is 5.91 Å². The molecule has 2 N–H and O–H groups in total. The van der Waals surface area contributed by atoms with Crippen LogP contribution in [0, 0.1) is 0 Å². The number of hydrogen-bond donors (Lipinski definition) is 1. The van der Waals surface area contributed by atoms with E-state index in [9.17, 15) is 9.59 Å². The SMILES string of the molecule is CCOC(=O)C1CCCCN1C(=O)c1cc(N)cc(Cl)c1. The fourth-order valence-corrected chi connectivity index (χ4v) is 2.80. The van der Waals surface area contributed by atoms with E-state index in [1.54, 1.807) is 30.0 Å². The van der Waals surface area contributed by atoms with Crippen molar-refractivity contribution < 1.29 is 14.3 Å². The van der Waals surface area contributed by atoms with Crippen molar-refractivity contribution >= 4 is 29.2 Å². The maximum Gasteiger partial charge on any atom is 0.328 e. The van der Waals surface area contributed by atoms with E-state index in [2.05, 4.69) is 0 Å². The minimum atomic E-state index is -0.522. The summed E-state index contributed by atoms with van der Waals surface area (Å²) in [5, 5.41) is 0.406. The number of amides is 1. The Bertz CT molecular complexity index is 527. The van der Waals surface area contributed by atoms with E-state index >= 15 is 0 Å². The zero-order chi connectivity index (χ0) is 15.4. The molecular formula is C15H19ClN2O3. The van der Waals surface area contributed by atoms with Crippen molar-refractivity contribution in [1.82, 2.24) is 4.90 Å². The van der Waals surface area contributed by atoms with Gasteiger partial charge in [0.1, 0.15) is 6.04 Å². The maximum atomic E-state index is 12.6. The minimum absolute atomic E-state index is 0.234. The molecule has 1 aliphatic rings. The largest absolute Gasteiger partial charge is 0.464 e. The second-order valence-corrected chi connectivity index (χ2v) is 5.47.